The minimum Gasteiger partial charge on any atom is -0.455 e. The molecule has 0 aliphatic carbocycles. The summed E-state index contributed by atoms with van der Waals surface area (Å²) < 4.78 is 40.9. The van der Waals surface area contributed by atoms with Gasteiger partial charge >= 0.3 is 5.76 Å². The lowest BCUT2D eigenvalue weighted by atomic mass is 10.3. The van der Waals surface area contributed by atoms with E-state index in [-0.39, 0.29) is 21.2 Å². The molecule has 0 spiro atoms. The predicted molar refractivity (Wildman–Crippen MR) is 115 cm³/mol. The smallest absolute Gasteiger partial charge is 0.419 e. The van der Waals surface area contributed by atoms with Gasteiger partial charge in [-0.1, -0.05) is 41.9 Å². The number of ether oxygens (including phenoxy) is 1. The van der Waals surface area contributed by atoms with Crippen LogP contribution in [0, 0.1) is 0 Å². The summed E-state index contributed by atoms with van der Waals surface area (Å²) in [4.78, 5) is 11.7. The predicted octanol–water partition coefficient (Wildman–Crippen LogP) is 4.86. The van der Waals surface area contributed by atoms with Crippen LogP contribution in [0.2, 0.25) is 5.02 Å². The van der Waals surface area contributed by atoms with Crippen LogP contribution in [-0.2, 0) is 16.6 Å². The molecule has 1 aromatic heterocycles. The maximum Gasteiger partial charge on any atom is 0.419 e. The molecule has 1 N–H and O–H groups in total. The number of hydrogen-bond donors (Lipinski definition) is 1. The van der Waals surface area contributed by atoms with E-state index in [2.05, 4.69) is 4.72 Å². The Hall–Kier alpha value is -3.23. The molecule has 0 aliphatic heterocycles. The van der Waals surface area contributed by atoms with Crippen molar-refractivity contribution < 1.29 is 17.6 Å². The Morgan fingerprint density at radius 3 is 2.50 bits per heavy atom. The van der Waals surface area contributed by atoms with E-state index in [4.69, 9.17) is 20.8 Å². The number of aryl methyl sites for hydroxylation is 1. The van der Waals surface area contributed by atoms with Gasteiger partial charge in [0.2, 0.25) is 0 Å². The summed E-state index contributed by atoms with van der Waals surface area (Å²) in [6, 6.07) is 18.3. The monoisotopic (exact) mass is 444 g/mol. The zero-order valence-corrected chi connectivity index (χ0v) is 17.4. The first-order chi connectivity index (χ1) is 14.4. The molecule has 0 atom stereocenters. The molecule has 0 amide bonds. The molecule has 0 saturated carbocycles. The van der Waals surface area contributed by atoms with Crippen molar-refractivity contribution in [3.05, 3.63) is 82.3 Å². The van der Waals surface area contributed by atoms with Gasteiger partial charge in [0, 0.05) is 12.6 Å². The molecule has 7 nitrogen and oxygen atoms in total. The average molecular weight is 445 g/mol. The van der Waals surface area contributed by atoms with Gasteiger partial charge in [-0.2, -0.15) is 0 Å². The van der Waals surface area contributed by atoms with Crippen molar-refractivity contribution >= 4 is 38.4 Å². The largest absolute Gasteiger partial charge is 0.455 e. The van der Waals surface area contributed by atoms with Crippen molar-refractivity contribution in [2.45, 2.75) is 18.4 Å². The second-order valence-corrected chi connectivity index (χ2v) is 8.44. The SMILES string of the molecule is CCn1c(=O)oc2cc(S(=O)(=O)Nc3ccccc3Oc3ccccc3)c(Cl)cc21. The highest BCUT2D eigenvalue weighted by Gasteiger charge is 2.23. The summed E-state index contributed by atoms with van der Waals surface area (Å²) in [6.45, 7) is 2.15. The summed E-state index contributed by atoms with van der Waals surface area (Å²) in [7, 11) is -4.09. The molecule has 0 saturated heterocycles. The number of aromatic nitrogens is 1. The lowest BCUT2D eigenvalue weighted by molar-refractivity contribution is 0.485. The van der Waals surface area contributed by atoms with Gasteiger partial charge in [0.05, 0.1) is 16.2 Å². The van der Waals surface area contributed by atoms with E-state index >= 15 is 0 Å². The van der Waals surface area contributed by atoms with Crippen molar-refractivity contribution in [3.63, 3.8) is 0 Å². The Morgan fingerprint density at radius 1 is 1.07 bits per heavy atom. The summed E-state index contributed by atoms with van der Waals surface area (Å²) in [5.74, 6) is 0.312. The number of fused-ring (bicyclic) bond motifs is 1. The summed E-state index contributed by atoms with van der Waals surface area (Å²) in [5, 5.41) is -0.0283. The highest BCUT2D eigenvalue weighted by Crippen LogP contribution is 2.33. The van der Waals surface area contributed by atoms with Crippen LogP contribution in [-0.4, -0.2) is 13.0 Å². The fourth-order valence-electron chi connectivity index (χ4n) is 3.03. The van der Waals surface area contributed by atoms with Crippen LogP contribution in [0.15, 0.2) is 80.8 Å². The number of rotatable bonds is 6. The number of para-hydroxylation sites is 3. The number of benzene rings is 3. The van der Waals surface area contributed by atoms with E-state index in [1.165, 1.54) is 16.7 Å². The van der Waals surface area contributed by atoms with Gasteiger partial charge in [0.15, 0.2) is 11.3 Å². The van der Waals surface area contributed by atoms with Crippen LogP contribution in [0.25, 0.3) is 11.1 Å². The minimum atomic E-state index is -4.09. The van der Waals surface area contributed by atoms with Gasteiger partial charge in [0.1, 0.15) is 10.6 Å². The normalized spacial score (nSPS) is 11.5. The molecule has 3 aromatic carbocycles. The van der Waals surface area contributed by atoms with Gasteiger partial charge in [-0.15, -0.1) is 0 Å². The van der Waals surface area contributed by atoms with Crippen LogP contribution in [0.3, 0.4) is 0 Å². The molecule has 30 heavy (non-hydrogen) atoms. The lowest BCUT2D eigenvalue weighted by Gasteiger charge is -2.14. The molecule has 0 radical (unpaired) electrons. The third kappa shape index (κ3) is 3.79. The maximum absolute atomic E-state index is 13.1. The van der Waals surface area contributed by atoms with Crippen LogP contribution in [0.5, 0.6) is 11.5 Å². The number of halogens is 1. The van der Waals surface area contributed by atoms with Gasteiger partial charge in [0.25, 0.3) is 10.0 Å². The van der Waals surface area contributed by atoms with Crippen molar-refractivity contribution in [1.82, 2.24) is 4.57 Å². The molecule has 4 aromatic rings. The second kappa shape index (κ2) is 7.89. The highest BCUT2D eigenvalue weighted by atomic mass is 35.5. The lowest BCUT2D eigenvalue weighted by Crippen LogP contribution is -2.14. The molecular weight excluding hydrogens is 428 g/mol. The average Bonchev–Trinajstić information content (AvgIpc) is 3.03. The first-order valence-electron chi connectivity index (χ1n) is 9.06. The Morgan fingerprint density at radius 2 is 1.77 bits per heavy atom. The molecule has 0 aliphatic rings. The fraction of sp³-hybridized carbons (Fsp3) is 0.0952. The first-order valence-corrected chi connectivity index (χ1v) is 10.9. The molecule has 0 fully saturated rings. The quantitative estimate of drug-likeness (QED) is 0.458. The molecular formula is C21H17ClN2O5S. The van der Waals surface area contributed by atoms with Gasteiger partial charge in [-0.25, -0.2) is 13.2 Å². The zero-order chi connectivity index (χ0) is 21.3. The molecule has 4 rings (SSSR count). The van der Waals surface area contributed by atoms with Crippen LogP contribution in [0.4, 0.5) is 5.69 Å². The van der Waals surface area contributed by atoms with Gasteiger partial charge < -0.3 is 9.15 Å². The first kappa shape index (κ1) is 20.1. The minimum absolute atomic E-state index is 0.0283. The molecule has 9 heteroatoms. The van der Waals surface area contributed by atoms with Crippen LogP contribution in [0.1, 0.15) is 6.92 Å². The molecule has 154 valence electrons. The Bertz CT molecular complexity index is 1380. The molecule has 1 heterocycles. The summed E-state index contributed by atoms with van der Waals surface area (Å²) in [6.07, 6.45) is 0. The van der Waals surface area contributed by atoms with E-state index < -0.39 is 15.8 Å². The van der Waals surface area contributed by atoms with Crippen molar-refractivity contribution in [2.24, 2.45) is 0 Å². The summed E-state index contributed by atoms with van der Waals surface area (Å²) >= 11 is 6.25. The van der Waals surface area contributed by atoms with E-state index in [0.29, 0.717) is 23.6 Å². The third-order valence-corrected chi connectivity index (χ3v) is 6.26. The third-order valence-electron chi connectivity index (χ3n) is 4.43. The van der Waals surface area contributed by atoms with E-state index in [1.54, 1.807) is 43.3 Å². The van der Waals surface area contributed by atoms with Gasteiger partial charge in [-0.3, -0.25) is 9.29 Å². The summed E-state index contributed by atoms with van der Waals surface area (Å²) in [5.41, 5.74) is 0.810. The number of hydrogen-bond acceptors (Lipinski definition) is 5. The van der Waals surface area contributed by atoms with Crippen molar-refractivity contribution in [2.75, 3.05) is 4.72 Å². The molecule has 0 unspecified atom stereocenters. The van der Waals surface area contributed by atoms with E-state index in [1.807, 2.05) is 18.2 Å². The maximum atomic E-state index is 13.1. The Labute approximate surface area is 177 Å². The zero-order valence-electron chi connectivity index (χ0n) is 15.8. The van der Waals surface area contributed by atoms with Crippen molar-refractivity contribution in [3.8, 4) is 11.5 Å². The number of anilines is 1. The second-order valence-electron chi connectivity index (χ2n) is 6.38. The number of sulfonamides is 1. The Balaban J connectivity index is 1.72. The highest BCUT2D eigenvalue weighted by molar-refractivity contribution is 7.92. The van der Waals surface area contributed by atoms with Crippen LogP contribution >= 0.6 is 11.6 Å². The standard InChI is InChI=1S/C21H17ClN2O5S/c1-2-24-17-12-15(22)20(13-19(17)29-21(24)25)30(26,27)23-16-10-6-7-11-18(16)28-14-8-4-3-5-9-14/h3-13,23H,2H2,1H3. The van der Waals surface area contributed by atoms with E-state index in [0.717, 1.165) is 0 Å². The topological polar surface area (TPSA) is 90.5 Å². The van der Waals surface area contributed by atoms with Crippen molar-refractivity contribution in [1.29, 1.82) is 0 Å². The van der Waals surface area contributed by atoms with Gasteiger partial charge in [-0.05, 0) is 37.3 Å². The molecule has 0 bridgehead atoms. The van der Waals surface area contributed by atoms with E-state index in [9.17, 15) is 13.2 Å². The number of nitrogens with one attached hydrogen (secondary N) is 1. The fourth-order valence-corrected chi connectivity index (χ4v) is 4.63. The van der Waals surface area contributed by atoms with Crippen LogP contribution < -0.4 is 15.2 Å². The number of nitrogens with zero attached hydrogens (tertiary/aromatic N) is 1. The Kier molecular flexibility index (Phi) is 5.27. The number of oxazole rings is 1.